The fourth-order valence-electron chi connectivity index (χ4n) is 4.27. The summed E-state index contributed by atoms with van der Waals surface area (Å²) in [7, 11) is 0. The van der Waals surface area contributed by atoms with Crippen LogP contribution < -0.4 is 4.90 Å². The highest BCUT2D eigenvalue weighted by Gasteiger charge is 2.59. The first kappa shape index (κ1) is 18.8. The monoisotopic (exact) mass is 384 g/mol. The van der Waals surface area contributed by atoms with Gasteiger partial charge in [-0.25, -0.2) is 0 Å². The van der Waals surface area contributed by atoms with Gasteiger partial charge in [-0.15, -0.1) is 0 Å². The molecule has 0 N–H and O–H groups in total. The minimum atomic E-state index is -0.838. The van der Waals surface area contributed by atoms with E-state index >= 15 is 0 Å². The Labute approximate surface area is 165 Å². The topological polar surface area (TPSA) is 64.2 Å². The molecule has 2 heterocycles. The number of nitrogens with zero attached hydrogens (tertiary/aromatic N) is 4. The van der Waals surface area contributed by atoms with E-state index in [2.05, 4.69) is 36.1 Å². The summed E-state index contributed by atoms with van der Waals surface area (Å²) in [6, 6.07) is 8.42. The Hall–Kier alpha value is -2.57. The minimum Gasteiger partial charge on any atom is -0.368 e. The molecular formula is C21H28N4O3. The summed E-state index contributed by atoms with van der Waals surface area (Å²) >= 11 is 0. The number of hydrogen-bond acceptors (Lipinski definition) is 4. The van der Waals surface area contributed by atoms with Crippen LogP contribution in [0.1, 0.15) is 18.4 Å². The molecule has 0 atom stereocenters. The van der Waals surface area contributed by atoms with Crippen molar-refractivity contribution in [2.24, 2.45) is 5.41 Å². The second-order valence-electron chi connectivity index (χ2n) is 8.13. The maximum Gasteiger partial charge on any atom is 0.238 e. The number of carbonyl (C=O) groups excluding carboxylic acids is 3. The Kier molecular flexibility index (Phi) is 5.00. The Morgan fingerprint density at radius 3 is 1.96 bits per heavy atom. The zero-order valence-corrected chi connectivity index (χ0v) is 16.5. The van der Waals surface area contributed by atoms with E-state index in [4.69, 9.17) is 0 Å². The van der Waals surface area contributed by atoms with Crippen molar-refractivity contribution in [2.45, 2.75) is 19.8 Å². The van der Waals surface area contributed by atoms with Crippen molar-refractivity contribution >= 4 is 23.9 Å². The number of amides is 3. The van der Waals surface area contributed by atoms with Crippen LogP contribution in [0, 0.1) is 12.3 Å². The number of anilines is 1. The summed E-state index contributed by atoms with van der Waals surface area (Å²) in [5, 5.41) is 0. The summed E-state index contributed by atoms with van der Waals surface area (Å²) in [6.07, 6.45) is 2.13. The van der Waals surface area contributed by atoms with Crippen molar-refractivity contribution in [3.05, 3.63) is 29.8 Å². The van der Waals surface area contributed by atoms with Gasteiger partial charge in [0.05, 0.1) is 0 Å². The molecule has 1 saturated carbocycles. The summed E-state index contributed by atoms with van der Waals surface area (Å²) < 4.78 is 0. The van der Waals surface area contributed by atoms with Crippen molar-refractivity contribution < 1.29 is 14.4 Å². The molecule has 28 heavy (non-hydrogen) atoms. The lowest BCUT2D eigenvalue weighted by Crippen LogP contribution is -2.56. The third-order valence-electron chi connectivity index (χ3n) is 6.25. The average Bonchev–Trinajstić information content (AvgIpc) is 3.55. The van der Waals surface area contributed by atoms with Gasteiger partial charge in [-0.1, -0.05) is 12.1 Å². The predicted molar refractivity (Wildman–Crippen MR) is 106 cm³/mol. The molecule has 1 aliphatic carbocycles. The molecule has 0 radical (unpaired) electrons. The zero-order chi connectivity index (χ0) is 19.7. The van der Waals surface area contributed by atoms with Crippen LogP contribution in [0.5, 0.6) is 0 Å². The van der Waals surface area contributed by atoms with Gasteiger partial charge in [0.2, 0.25) is 18.2 Å². The first-order chi connectivity index (χ1) is 13.5. The third-order valence-corrected chi connectivity index (χ3v) is 6.25. The predicted octanol–water partition coefficient (Wildman–Crippen LogP) is 0.724. The smallest absolute Gasteiger partial charge is 0.238 e. The Bertz CT molecular complexity index is 761. The first-order valence-corrected chi connectivity index (χ1v) is 10.1. The van der Waals surface area contributed by atoms with Crippen LogP contribution in [0.2, 0.25) is 0 Å². The highest BCUT2D eigenvalue weighted by atomic mass is 16.2. The Morgan fingerprint density at radius 1 is 0.893 bits per heavy atom. The van der Waals surface area contributed by atoms with Gasteiger partial charge in [0.1, 0.15) is 5.41 Å². The maximum atomic E-state index is 13.2. The molecule has 1 aromatic carbocycles. The Balaban J connectivity index is 1.36. The number of benzene rings is 1. The van der Waals surface area contributed by atoms with E-state index in [1.165, 1.54) is 11.3 Å². The molecule has 3 fully saturated rings. The molecule has 150 valence electrons. The van der Waals surface area contributed by atoms with Crippen LogP contribution in [0.25, 0.3) is 0 Å². The van der Waals surface area contributed by atoms with E-state index < -0.39 is 5.41 Å². The van der Waals surface area contributed by atoms with Gasteiger partial charge in [-0.05, 0) is 37.5 Å². The van der Waals surface area contributed by atoms with E-state index in [-0.39, 0.29) is 11.8 Å². The SMILES string of the molecule is Cc1cccc(N2CCN(C(=O)C3(C(=O)N4CCN(C=O)CC4)CC3)CC2)c1. The second kappa shape index (κ2) is 7.45. The fourth-order valence-corrected chi connectivity index (χ4v) is 4.27. The van der Waals surface area contributed by atoms with Crippen molar-refractivity contribution in [2.75, 3.05) is 57.3 Å². The van der Waals surface area contributed by atoms with Gasteiger partial charge in [0.25, 0.3) is 0 Å². The number of carbonyl (C=O) groups is 3. The number of rotatable bonds is 4. The largest absolute Gasteiger partial charge is 0.368 e. The minimum absolute atomic E-state index is 0.000732. The standard InChI is InChI=1S/C21H28N4O3/c1-17-3-2-4-18(15-17)23-11-13-25(14-12-23)20(28)21(5-6-21)19(27)24-9-7-22(16-26)8-10-24/h2-4,15-16H,5-14H2,1H3. The van der Waals surface area contributed by atoms with Gasteiger partial charge < -0.3 is 19.6 Å². The average molecular weight is 384 g/mol. The van der Waals surface area contributed by atoms with Gasteiger partial charge >= 0.3 is 0 Å². The molecular weight excluding hydrogens is 356 g/mol. The molecule has 2 aliphatic heterocycles. The van der Waals surface area contributed by atoms with E-state index in [1.54, 1.807) is 9.80 Å². The van der Waals surface area contributed by atoms with E-state index in [0.29, 0.717) is 52.1 Å². The number of hydrogen-bond donors (Lipinski definition) is 0. The van der Waals surface area contributed by atoms with Gasteiger partial charge in [0.15, 0.2) is 0 Å². The Morgan fingerprint density at radius 2 is 1.46 bits per heavy atom. The first-order valence-electron chi connectivity index (χ1n) is 10.1. The van der Waals surface area contributed by atoms with Crippen LogP contribution in [0.15, 0.2) is 24.3 Å². The van der Waals surface area contributed by atoms with E-state index in [9.17, 15) is 14.4 Å². The third kappa shape index (κ3) is 3.45. The highest BCUT2D eigenvalue weighted by molar-refractivity contribution is 6.08. The van der Waals surface area contributed by atoms with Crippen molar-refractivity contribution in [3.8, 4) is 0 Å². The zero-order valence-electron chi connectivity index (χ0n) is 16.5. The molecule has 2 saturated heterocycles. The molecule has 7 heteroatoms. The van der Waals surface area contributed by atoms with Crippen molar-refractivity contribution in [1.82, 2.24) is 14.7 Å². The number of piperazine rings is 2. The van der Waals surface area contributed by atoms with Crippen molar-refractivity contribution in [3.63, 3.8) is 0 Å². The molecule has 7 nitrogen and oxygen atoms in total. The quantitative estimate of drug-likeness (QED) is 0.567. The van der Waals surface area contributed by atoms with Crippen LogP contribution >= 0.6 is 0 Å². The molecule has 3 aliphatic rings. The molecule has 4 rings (SSSR count). The summed E-state index contributed by atoms with van der Waals surface area (Å²) in [5.41, 5.74) is 1.58. The molecule has 0 spiro atoms. The van der Waals surface area contributed by atoms with Gasteiger partial charge in [-0.3, -0.25) is 14.4 Å². The molecule has 3 amide bonds. The van der Waals surface area contributed by atoms with Gasteiger partial charge in [-0.2, -0.15) is 0 Å². The van der Waals surface area contributed by atoms with E-state index in [0.717, 1.165) is 19.5 Å². The van der Waals surface area contributed by atoms with E-state index in [1.807, 2.05) is 4.90 Å². The lowest BCUT2D eigenvalue weighted by atomic mass is 10.0. The lowest BCUT2D eigenvalue weighted by molar-refractivity contribution is -0.151. The van der Waals surface area contributed by atoms with Crippen LogP contribution in [0.3, 0.4) is 0 Å². The highest BCUT2D eigenvalue weighted by Crippen LogP contribution is 2.49. The maximum absolute atomic E-state index is 13.2. The summed E-state index contributed by atoms with van der Waals surface area (Å²) in [6.45, 7) is 7.11. The number of aryl methyl sites for hydroxylation is 1. The van der Waals surface area contributed by atoms with Crippen LogP contribution in [-0.4, -0.2) is 85.3 Å². The molecule has 0 unspecified atom stereocenters. The lowest BCUT2D eigenvalue weighted by Gasteiger charge is -2.39. The molecule has 0 bridgehead atoms. The van der Waals surface area contributed by atoms with Crippen LogP contribution in [0.4, 0.5) is 5.69 Å². The second-order valence-corrected chi connectivity index (χ2v) is 8.13. The molecule has 1 aromatic rings. The van der Waals surface area contributed by atoms with Gasteiger partial charge in [0, 0.05) is 58.0 Å². The van der Waals surface area contributed by atoms with Crippen LogP contribution in [-0.2, 0) is 14.4 Å². The normalized spacial score (nSPS) is 21.5. The summed E-state index contributed by atoms with van der Waals surface area (Å²) in [4.78, 5) is 44.7. The summed E-state index contributed by atoms with van der Waals surface area (Å²) in [5.74, 6) is -0.0385. The molecule has 0 aromatic heterocycles. The van der Waals surface area contributed by atoms with Crippen molar-refractivity contribution in [1.29, 1.82) is 0 Å². The fraction of sp³-hybridized carbons (Fsp3) is 0.571.